The number of ether oxygens (including phenoxy) is 1. The number of carbonyl (C=O) groups is 1. The summed E-state index contributed by atoms with van der Waals surface area (Å²) in [5, 5.41) is 0. The second kappa shape index (κ2) is 2.96. The van der Waals surface area contributed by atoms with E-state index in [1.54, 1.807) is 18.7 Å². The highest BCUT2D eigenvalue weighted by atomic mass is 16.6. The first kappa shape index (κ1) is 8.44. The summed E-state index contributed by atoms with van der Waals surface area (Å²) in [6.45, 7) is 2.24. The Bertz CT molecular complexity index is 267. The number of rotatable bonds is 2. The summed E-state index contributed by atoms with van der Waals surface area (Å²) < 4.78 is 5.20. The Labute approximate surface area is 77.1 Å². The van der Waals surface area contributed by atoms with Crippen LogP contribution < -0.4 is 0 Å². The number of nitrogens with zero attached hydrogens (tertiary/aromatic N) is 2. The second-order valence-corrected chi connectivity index (χ2v) is 3.33. The van der Waals surface area contributed by atoms with Crippen LogP contribution in [0.1, 0.15) is 19.8 Å². The highest BCUT2D eigenvalue weighted by Crippen LogP contribution is 2.35. The zero-order chi connectivity index (χ0) is 9.31. The maximum Gasteiger partial charge on any atom is 0.527 e. The number of amides is 1. The van der Waals surface area contributed by atoms with E-state index in [9.17, 15) is 4.79 Å². The van der Waals surface area contributed by atoms with Crippen molar-refractivity contribution in [3.8, 4) is 0 Å². The molecular weight excluding hydrogens is 168 g/mol. The summed E-state index contributed by atoms with van der Waals surface area (Å²) in [5.74, 6) is 0. The number of quaternary nitrogens is 1. The van der Waals surface area contributed by atoms with Crippen molar-refractivity contribution in [1.82, 2.24) is 0 Å². The Morgan fingerprint density at radius 1 is 1.69 bits per heavy atom. The van der Waals surface area contributed by atoms with Crippen LogP contribution in [0.4, 0.5) is 4.79 Å². The molecule has 1 fully saturated rings. The molecule has 0 aromatic heterocycles. The van der Waals surface area contributed by atoms with E-state index in [4.69, 9.17) is 4.74 Å². The van der Waals surface area contributed by atoms with Gasteiger partial charge in [-0.3, -0.25) is 0 Å². The van der Waals surface area contributed by atoms with Crippen LogP contribution in [0.15, 0.2) is 17.4 Å². The summed E-state index contributed by atoms with van der Waals surface area (Å²) in [7, 11) is 0. The van der Waals surface area contributed by atoms with E-state index in [2.05, 4.69) is 4.99 Å². The molecule has 0 aromatic carbocycles. The SMILES string of the molecule is CCOC(=O)[N+]1(C2CC2)C=CN=C1. The van der Waals surface area contributed by atoms with Crippen molar-refractivity contribution >= 4 is 12.4 Å². The lowest BCUT2D eigenvalue weighted by atomic mass is 10.5. The number of hydrogen-bond acceptors (Lipinski definition) is 3. The van der Waals surface area contributed by atoms with Crippen molar-refractivity contribution < 1.29 is 14.0 Å². The Morgan fingerprint density at radius 2 is 2.46 bits per heavy atom. The minimum absolute atomic E-state index is 0.174. The number of hydrogen-bond donors (Lipinski definition) is 0. The van der Waals surface area contributed by atoms with Crippen molar-refractivity contribution in [2.24, 2.45) is 4.99 Å². The average Bonchev–Trinajstić information content (AvgIpc) is 2.85. The largest absolute Gasteiger partial charge is 0.527 e. The van der Waals surface area contributed by atoms with E-state index in [0.29, 0.717) is 12.6 Å². The van der Waals surface area contributed by atoms with Crippen molar-refractivity contribution in [2.45, 2.75) is 25.8 Å². The molecule has 0 bridgehead atoms. The van der Waals surface area contributed by atoms with Gasteiger partial charge in [-0.05, 0) is 6.92 Å². The van der Waals surface area contributed by atoms with Gasteiger partial charge < -0.3 is 4.74 Å². The maximum absolute atomic E-state index is 11.7. The molecule has 0 saturated heterocycles. The quantitative estimate of drug-likeness (QED) is 0.607. The van der Waals surface area contributed by atoms with Crippen molar-refractivity contribution in [1.29, 1.82) is 0 Å². The first-order chi connectivity index (χ1) is 6.29. The fourth-order valence-corrected chi connectivity index (χ4v) is 1.55. The lowest BCUT2D eigenvalue weighted by molar-refractivity contribution is -0.714. The second-order valence-electron chi connectivity index (χ2n) is 3.33. The van der Waals surface area contributed by atoms with Gasteiger partial charge in [0.05, 0.1) is 12.8 Å². The first-order valence-electron chi connectivity index (χ1n) is 4.57. The minimum Gasteiger partial charge on any atom is -0.420 e. The fraction of sp³-hybridized carbons (Fsp3) is 0.556. The molecule has 13 heavy (non-hydrogen) atoms. The van der Waals surface area contributed by atoms with Crippen LogP contribution in [-0.4, -0.2) is 29.6 Å². The predicted octanol–water partition coefficient (Wildman–Crippen LogP) is 1.64. The molecule has 1 aliphatic carbocycles. The lowest BCUT2D eigenvalue weighted by Crippen LogP contribution is -2.47. The summed E-state index contributed by atoms with van der Waals surface area (Å²) >= 11 is 0. The van der Waals surface area contributed by atoms with Gasteiger partial charge in [0.1, 0.15) is 12.2 Å². The Hall–Kier alpha value is -1.16. The minimum atomic E-state index is -0.206. The predicted molar refractivity (Wildman–Crippen MR) is 47.9 cm³/mol. The summed E-state index contributed by atoms with van der Waals surface area (Å²) in [6, 6.07) is 0.363. The van der Waals surface area contributed by atoms with Crippen LogP contribution in [-0.2, 0) is 4.74 Å². The molecule has 0 spiro atoms. The van der Waals surface area contributed by atoms with E-state index < -0.39 is 0 Å². The van der Waals surface area contributed by atoms with E-state index in [-0.39, 0.29) is 10.6 Å². The van der Waals surface area contributed by atoms with Crippen LogP contribution in [0.2, 0.25) is 0 Å². The van der Waals surface area contributed by atoms with Crippen molar-refractivity contribution in [2.75, 3.05) is 6.61 Å². The topological polar surface area (TPSA) is 38.7 Å². The van der Waals surface area contributed by atoms with Crippen molar-refractivity contribution in [3.63, 3.8) is 0 Å². The molecule has 1 saturated carbocycles. The molecule has 1 aliphatic heterocycles. The lowest BCUT2D eigenvalue weighted by Gasteiger charge is -2.22. The summed E-state index contributed by atoms with van der Waals surface area (Å²) in [5.41, 5.74) is 0. The number of carbonyl (C=O) groups excluding carboxylic acids is 1. The number of aliphatic imine (C=N–C) groups is 1. The van der Waals surface area contributed by atoms with Crippen molar-refractivity contribution in [3.05, 3.63) is 12.4 Å². The third-order valence-electron chi connectivity index (χ3n) is 2.39. The highest BCUT2D eigenvalue weighted by Gasteiger charge is 2.51. The van der Waals surface area contributed by atoms with Crippen LogP contribution in [0.3, 0.4) is 0 Å². The Balaban J connectivity index is 2.18. The molecule has 4 nitrogen and oxygen atoms in total. The first-order valence-corrected chi connectivity index (χ1v) is 4.57. The van der Waals surface area contributed by atoms with Crippen LogP contribution in [0.25, 0.3) is 0 Å². The third kappa shape index (κ3) is 1.27. The van der Waals surface area contributed by atoms with E-state index in [1.165, 1.54) is 0 Å². The normalized spacial score (nSPS) is 30.8. The zero-order valence-corrected chi connectivity index (χ0v) is 7.64. The molecule has 70 valence electrons. The Kier molecular flexibility index (Phi) is 1.92. The molecule has 1 atom stereocenters. The molecule has 0 aromatic rings. The van der Waals surface area contributed by atoms with Gasteiger partial charge in [-0.2, -0.15) is 9.28 Å². The maximum atomic E-state index is 11.7. The molecule has 1 unspecified atom stereocenters. The van der Waals surface area contributed by atoms with Gasteiger partial charge in [-0.15, -0.1) is 0 Å². The Morgan fingerprint density at radius 3 is 2.92 bits per heavy atom. The van der Waals surface area contributed by atoms with Crippen LogP contribution in [0.5, 0.6) is 0 Å². The monoisotopic (exact) mass is 181 g/mol. The van der Waals surface area contributed by atoms with E-state index >= 15 is 0 Å². The van der Waals surface area contributed by atoms with Gasteiger partial charge in [0.15, 0.2) is 0 Å². The zero-order valence-electron chi connectivity index (χ0n) is 7.64. The molecule has 4 heteroatoms. The smallest absolute Gasteiger partial charge is 0.420 e. The van der Waals surface area contributed by atoms with Gasteiger partial charge in [0, 0.05) is 12.8 Å². The standard InChI is InChI=1S/C9H13N2O2/c1-2-13-9(12)11(8-3-4-8)6-5-10-7-11/h5-8H,2-4H2,1H3/q+1. The fourth-order valence-electron chi connectivity index (χ4n) is 1.55. The third-order valence-corrected chi connectivity index (χ3v) is 2.39. The molecule has 2 aliphatic rings. The summed E-state index contributed by atoms with van der Waals surface area (Å²) in [6.07, 6.45) is 7.08. The van der Waals surface area contributed by atoms with Gasteiger partial charge in [-0.1, -0.05) is 0 Å². The molecule has 2 rings (SSSR count). The van der Waals surface area contributed by atoms with Crippen LogP contribution in [0, 0.1) is 0 Å². The van der Waals surface area contributed by atoms with E-state index in [1.807, 2.05) is 6.92 Å². The molecule has 1 heterocycles. The summed E-state index contributed by atoms with van der Waals surface area (Å²) in [4.78, 5) is 15.6. The van der Waals surface area contributed by atoms with E-state index in [0.717, 1.165) is 12.8 Å². The highest BCUT2D eigenvalue weighted by molar-refractivity contribution is 5.74. The van der Waals surface area contributed by atoms with Crippen LogP contribution >= 0.6 is 0 Å². The van der Waals surface area contributed by atoms with Gasteiger partial charge >= 0.3 is 6.09 Å². The van der Waals surface area contributed by atoms with Gasteiger partial charge in [0.25, 0.3) is 0 Å². The average molecular weight is 181 g/mol. The van der Waals surface area contributed by atoms with Gasteiger partial charge in [-0.25, -0.2) is 4.99 Å². The van der Waals surface area contributed by atoms with Gasteiger partial charge in [0.2, 0.25) is 6.34 Å². The molecule has 1 amide bonds. The molecular formula is C9H13N2O2+. The molecule has 0 N–H and O–H groups in total. The molecule has 0 radical (unpaired) electrons.